The minimum Gasteiger partial charge on any atom is -0.294 e. The van der Waals surface area contributed by atoms with E-state index in [-0.39, 0.29) is 17.7 Å². The maximum atomic E-state index is 13.2. The van der Waals surface area contributed by atoms with E-state index in [0.717, 1.165) is 30.8 Å². The lowest BCUT2D eigenvalue weighted by Gasteiger charge is -2.56. The third-order valence-corrected chi connectivity index (χ3v) is 9.94. The zero-order valence-electron chi connectivity index (χ0n) is 17.9. The van der Waals surface area contributed by atoms with E-state index in [1.54, 1.807) is 23.5 Å². The topological polar surface area (TPSA) is 46.2 Å². The van der Waals surface area contributed by atoms with Crippen molar-refractivity contribution in [3.63, 3.8) is 0 Å². The Kier molecular flexibility index (Phi) is 8.15. The van der Waals surface area contributed by atoms with E-state index >= 15 is 0 Å². The summed E-state index contributed by atoms with van der Waals surface area (Å²) in [4.78, 5) is 26.3. The van der Waals surface area contributed by atoms with Gasteiger partial charge in [-0.1, -0.05) is 82.7 Å². The molecular weight excluding hydrogens is 398 g/mol. The average Bonchev–Trinajstić information content (AvgIpc) is 2.86. The predicted molar refractivity (Wildman–Crippen MR) is 126 cm³/mol. The van der Waals surface area contributed by atoms with Gasteiger partial charge in [0, 0.05) is 5.92 Å². The first-order valence-electron chi connectivity index (χ1n) is 11.3. The molecule has 0 unspecified atom stereocenters. The molecule has 5 heteroatoms. The Morgan fingerprint density at radius 3 is 2.10 bits per heavy atom. The lowest BCUT2D eigenvalue weighted by atomic mass is 9.61. The molecule has 2 amide bonds. The molecule has 0 spiro atoms. The monoisotopic (exact) mass is 433 g/mol. The normalized spacial score (nSPS) is 28.1. The fourth-order valence-corrected chi connectivity index (χ4v) is 8.37. The number of unbranched alkanes of at least 4 members (excludes halogenated alkanes) is 6. The molecule has 29 heavy (non-hydrogen) atoms. The zero-order chi connectivity index (χ0) is 20.7. The Balaban J connectivity index is 1.80. The minimum absolute atomic E-state index is 0.0452. The molecule has 3 rings (SSSR count). The van der Waals surface area contributed by atoms with Crippen LogP contribution < -0.4 is 5.32 Å². The molecule has 1 aromatic rings. The number of imide groups is 1. The van der Waals surface area contributed by atoms with Gasteiger partial charge >= 0.3 is 0 Å². The third kappa shape index (κ3) is 4.27. The van der Waals surface area contributed by atoms with Gasteiger partial charge < -0.3 is 0 Å². The molecular formula is C24H35NO2S2. The molecule has 3 nitrogen and oxygen atoms in total. The highest BCUT2D eigenvalue weighted by atomic mass is 32.2. The molecule has 1 saturated carbocycles. The molecule has 0 bridgehead atoms. The van der Waals surface area contributed by atoms with Crippen LogP contribution in [0.5, 0.6) is 0 Å². The average molecular weight is 434 g/mol. The molecule has 2 fully saturated rings. The molecule has 1 aromatic carbocycles. The first-order valence-corrected chi connectivity index (χ1v) is 13.3. The molecule has 1 N–H and O–H groups in total. The number of carbonyl (C=O) groups is 2. The number of benzene rings is 1. The number of fused-ring (bicyclic) bond motifs is 1. The fourth-order valence-electron chi connectivity index (χ4n) is 4.72. The van der Waals surface area contributed by atoms with Crippen molar-refractivity contribution in [3.8, 4) is 0 Å². The zero-order valence-corrected chi connectivity index (χ0v) is 19.5. The van der Waals surface area contributed by atoms with E-state index < -0.39 is 9.49 Å². The Hall–Kier alpha value is -0.940. The summed E-state index contributed by atoms with van der Waals surface area (Å²) >= 11 is 3.52. The highest BCUT2D eigenvalue weighted by molar-refractivity contribution is 8.06. The summed E-state index contributed by atoms with van der Waals surface area (Å²) in [7, 11) is 0. The van der Waals surface area contributed by atoms with Crippen LogP contribution in [0.3, 0.4) is 0 Å². The number of amides is 2. The summed E-state index contributed by atoms with van der Waals surface area (Å²) in [6.45, 7) is 4.43. The van der Waals surface area contributed by atoms with E-state index in [4.69, 9.17) is 0 Å². The second kappa shape index (κ2) is 10.4. The summed E-state index contributed by atoms with van der Waals surface area (Å²) in [6, 6.07) is 10.3. The molecule has 1 heterocycles. The van der Waals surface area contributed by atoms with Crippen molar-refractivity contribution in [2.45, 2.75) is 87.0 Å². The lowest BCUT2D eigenvalue weighted by molar-refractivity contribution is -0.125. The van der Waals surface area contributed by atoms with Gasteiger partial charge in [0.1, 0.15) is 9.49 Å². The molecule has 3 atom stereocenters. The van der Waals surface area contributed by atoms with Crippen molar-refractivity contribution >= 4 is 35.3 Å². The summed E-state index contributed by atoms with van der Waals surface area (Å²) in [6.07, 6.45) is 10.3. The smallest absolute Gasteiger partial charge is 0.245 e. The van der Waals surface area contributed by atoms with Crippen molar-refractivity contribution in [3.05, 3.63) is 35.9 Å². The van der Waals surface area contributed by atoms with E-state index in [2.05, 4.69) is 31.3 Å². The van der Waals surface area contributed by atoms with Gasteiger partial charge in [0.2, 0.25) is 11.8 Å². The van der Waals surface area contributed by atoms with Crippen molar-refractivity contribution < 1.29 is 9.59 Å². The number of hydrogen-bond donors (Lipinski definition) is 1. The fraction of sp³-hybridized carbons (Fsp3) is 0.667. The van der Waals surface area contributed by atoms with Crippen LogP contribution in [0, 0.1) is 0 Å². The van der Waals surface area contributed by atoms with Crippen LogP contribution in [0.2, 0.25) is 0 Å². The van der Waals surface area contributed by atoms with Crippen LogP contribution >= 0.6 is 23.5 Å². The van der Waals surface area contributed by atoms with Crippen molar-refractivity contribution in [2.24, 2.45) is 0 Å². The number of rotatable bonds is 13. The summed E-state index contributed by atoms with van der Waals surface area (Å²) in [5.74, 6) is 1.93. The first kappa shape index (κ1) is 22.7. The lowest BCUT2D eigenvalue weighted by Crippen LogP contribution is -2.66. The van der Waals surface area contributed by atoms with Crippen LogP contribution in [0.1, 0.15) is 83.1 Å². The molecule has 2 aliphatic rings. The maximum Gasteiger partial charge on any atom is 0.245 e. The molecule has 1 aliphatic carbocycles. The Labute approximate surface area is 184 Å². The van der Waals surface area contributed by atoms with E-state index in [1.165, 1.54) is 44.1 Å². The number of carbonyl (C=O) groups excluding carboxylic acids is 2. The molecule has 1 aliphatic heterocycles. The molecule has 0 aromatic heterocycles. The third-order valence-electron chi connectivity index (χ3n) is 6.39. The van der Waals surface area contributed by atoms with E-state index in [1.807, 2.05) is 18.2 Å². The van der Waals surface area contributed by atoms with E-state index in [9.17, 15) is 9.59 Å². The first-order chi connectivity index (χ1) is 14.1. The van der Waals surface area contributed by atoms with Crippen LogP contribution in [-0.2, 0) is 9.59 Å². The van der Waals surface area contributed by atoms with Gasteiger partial charge in [0.15, 0.2) is 0 Å². The van der Waals surface area contributed by atoms with Gasteiger partial charge in [-0.05, 0) is 36.3 Å². The summed E-state index contributed by atoms with van der Waals surface area (Å²) in [5.41, 5.74) is 1.20. The Bertz CT molecular complexity index is 695. The van der Waals surface area contributed by atoms with Crippen LogP contribution in [0.15, 0.2) is 30.3 Å². The van der Waals surface area contributed by atoms with Gasteiger partial charge in [-0.15, -0.1) is 23.5 Å². The summed E-state index contributed by atoms with van der Waals surface area (Å²) < 4.78 is -1.24. The quantitative estimate of drug-likeness (QED) is 0.309. The Morgan fingerprint density at radius 1 is 0.862 bits per heavy atom. The largest absolute Gasteiger partial charge is 0.294 e. The minimum atomic E-state index is -0.646. The number of nitrogens with one attached hydrogen (secondary N) is 1. The number of hydrogen-bond acceptors (Lipinski definition) is 4. The van der Waals surface area contributed by atoms with Crippen LogP contribution in [0.25, 0.3) is 0 Å². The Morgan fingerprint density at radius 2 is 1.48 bits per heavy atom. The van der Waals surface area contributed by atoms with Gasteiger partial charge in [-0.25, -0.2) is 0 Å². The van der Waals surface area contributed by atoms with Gasteiger partial charge in [0.05, 0.1) is 0 Å². The second-order valence-electron chi connectivity index (χ2n) is 8.33. The second-order valence-corrected chi connectivity index (χ2v) is 11.1. The van der Waals surface area contributed by atoms with Gasteiger partial charge in [-0.2, -0.15) is 0 Å². The predicted octanol–water partition coefficient (Wildman–Crippen LogP) is 5.93. The van der Waals surface area contributed by atoms with Gasteiger partial charge in [0.25, 0.3) is 0 Å². The van der Waals surface area contributed by atoms with Crippen LogP contribution in [0.4, 0.5) is 0 Å². The molecule has 0 radical (unpaired) electrons. The van der Waals surface area contributed by atoms with Gasteiger partial charge in [-0.3, -0.25) is 14.9 Å². The van der Waals surface area contributed by atoms with Crippen molar-refractivity contribution in [1.29, 1.82) is 0 Å². The standard InChI is InChI=1S/C24H35NO2S2/c1-3-5-7-12-16-28-23-18-20(19-14-10-9-11-15-19)24(23,22(27)25-21(23)26)29-17-13-8-6-4-2/h9-11,14-15,20H,3-8,12-13,16-18H2,1-2H3,(H,25,26,27)/t20-,23+,24-/m1/s1. The van der Waals surface area contributed by atoms with E-state index in [0.29, 0.717) is 0 Å². The maximum absolute atomic E-state index is 13.2. The van der Waals surface area contributed by atoms with Crippen LogP contribution in [-0.4, -0.2) is 32.8 Å². The molecule has 160 valence electrons. The molecule has 1 saturated heterocycles. The van der Waals surface area contributed by atoms with Crippen molar-refractivity contribution in [2.75, 3.05) is 11.5 Å². The van der Waals surface area contributed by atoms with Crippen molar-refractivity contribution in [1.82, 2.24) is 5.32 Å². The highest BCUT2D eigenvalue weighted by Crippen LogP contribution is 2.68. The number of thioether (sulfide) groups is 2. The summed E-state index contributed by atoms with van der Waals surface area (Å²) in [5, 5.41) is 2.74. The highest BCUT2D eigenvalue weighted by Gasteiger charge is 2.77. The SMILES string of the molecule is CCCCCCS[C@]12C[C@H](c3ccccc3)[C@@]1(SCCCCCC)C(=O)NC2=O.